The molecule has 0 aliphatic heterocycles. The van der Waals surface area contributed by atoms with E-state index in [2.05, 4.69) is 71.8 Å². The standard InChI is InChI=1S/C15H25B.C2H6/c1-7-10-12-14(5)16(6)15(11-8-2)13(4)9-3;1-2/h7,9-12H,8H2,1-6H3;1-2H3/b10-7-,13-9-,14-12+,15-11+;. The van der Waals surface area contributed by atoms with Gasteiger partial charge in [0.1, 0.15) is 0 Å². The molecular formula is C17H31B. The molecule has 0 bridgehead atoms. The van der Waals surface area contributed by atoms with Crippen LogP contribution >= 0.6 is 0 Å². The van der Waals surface area contributed by atoms with Gasteiger partial charge in [-0.05, 0) is 27.2 Å². The van der Waals surface area contributed by atoms with E-state index in [4.69, 9.17) is 0 Å². The van der Waals surface area contributed by atoms with Crippen LogP contribution in [0.4, 0.5) is 0 Å². The molecule has 0 spiro atoms. The highest BCUT2D eigenvalue weighted by Gasteiger charge is 2.15. The molecule has 0 heterocycles. The van der Waals surface area contributed by atoms with Gasteiger partial charge in [-0.25, -0.2) is 0 Å². The quantitative estimate of drug-likeness (QED) is 0.409. The number of hydrogen-bond acceptors (Lipinski definition) is 0. The van der Waals surface area contributed by atoms with Gasteiger partial charge in [-0.1, -0.05) is 81.4 Å². The first-order valence-corrected chi connectivity index (χ1v) is 7.21. The Balaban J connectivity index is 0. The maximum atomic E-state index is 2.34. The summed E-state index contributed by atoms with van der Waals surface area (Å²) in [7, 11) is 0. The maximum Gasteiger partial charge on any atom is 0.200 e. The molecule has 0 aliphatic carbocycles. The summed E-state index contributed by atoms with van der Waals surface area (Å²) in [4.78, 5) is 0. The van der Waals surface area contributed by atoms with E-state index >= 15 is 0 Å². The van der Waals surface area contributed by atoms with Crippen molar-refractivity contribution in [2.24, 2.45) is 0 Å². The third-order valence-corrected chi connectivity index (χ3v) is 3.01. The minimum absolute atomic E-state index is 0.507. The largest absolute Gasteiger partial charge is 0.200 e. The Morgan fingerprint density at radius 1 is 1.11 bits per heavy atom. The van der Waals surface area contributed by atoms with Crippen molar-refractivity contribution in [2.45, 2.75) is 61.7 Å². The van der Waals surface area contributed by atoms with Crippen molar-refractivity contribution in [3.05, 3.63) is 46.9 Å². The van der Waals surface area contributed by atoms with Crippen LogP contribution in [0.5, 0.6) is 0 Å². The molecule has 0 aliphatic rings. The van der Waals surface area contributed by atoms with Crippen LogP contribution < -0.4 is 0 Å². The Labute approximate surface area is 116 Å². The second-order valence-electron chi connectivity index (χ2n) is 4.20. The average Bonchev–Trinajstić information content (AvgIpc) is 2.42. The highest BCUT2D eigenvalue weighted by Crippen LogP contribution is 2.19. The van der Waals surface area contributed by atoms with Gasteiger partial charge in [0.25, 0.3) is 0 Å². The van der Waals surface area contributed by atoms with Gasteiger partial charge in [-0.15, -0.1) is 0 Å². The van der Waals surface area contributed by atoms with Gasteiger partial charge in [0.05, 0.1) is 0 Å². The molecule has 0 rings (SSSR count). The lowest BCUT2D eigenvalue weighted by Gasteiger charge is -2.14. The summed E-state index contributed by atoms with van der Waals surface area (Å²) in [5.41, 5.74) is 4.27. The molecule has 0 atom stereocenters. The van der Waals surface area contributed by atoms with E-state index in [-0.39, 0.29) is 0 Å². The second-order valence-corrected chi connectivity index (χ2v) is 4.20. The van der Waals surface area contributed by atoms with E-state index in [0.29, 0.717) is 6.71 Å². The highest BCUT2D eigenvalue weighted by atomic mass is 14.0. The first-order chi connectivity index (χ1) is 8.58. The van der Waals surface area contributed by atoms with Crippen molar-refractivity contribution < 1.29 is 0 Å². The Kier molecular flexibility index (Phi) is 13.4. The molecular weight excluding hydrogens is 215 g/mol. The predicted octanol–water partition coefficient (Wildman–Crippen LogP) is 6.04. The zero-order valence-corrected chi connectivity index (χ0v) is 13.7. The van der Waals surface area contributed by atoms with E-state index in [1.807, 2.05) is 13.8 Å². The maximum absolute atomic E-state index is 2.34. The third kappa shape index (κ3) is 7.37. The lowest BCUT2D eigenvalue weighted by atomic mass is 9.40. The SMILES string of the molecule is C/C=C\C=C(/C)B(C)C(=C/CC)/C(C)=C\C.CC. The van der Waals surface area contributed by atoms with Crippen LogP contribution in [0, 0.1) is 0 Å². The van der Waals surface area contributed by atoms with Crippen LogP contribution in [-0.2, 0) is 0 Å². The molecule has 0 aromatic carbocycles. The summed E-state index contributed by atoms with van der Waals surface area (Å²) < 4.78 is 0. The zero-order chi connectivity index (χ0) is 14.6. The molecule has 0 aromatic heterocycles. The summed E-state index contributed by atoms with van der Waals surface area (Å²) in [6.07, 6.45) is 12.0. The van der Waals surface area contributed by atoms with Gasteiger partial charge in [-0.2, -0.15) is 0 Å². The fourth-order valence-corrected chi connectivity index (χ4v) is 1.70. The van der Waals surface area contributed by atoms with Crippen LogP contribution in [0.1, 0.15) is 54.9 Å². The van der Waals surface area contributed by atoms with Crippen LogP contribution in [0.2, 0.25) is 6.82 Å². The molecule has 0 radical (unpaired) electrons. The van der Waals surface area contributed by atoms with Crippen LogP contribution in [0.25, 0.3) is 0 Å². The summed E-state index contributed by atoms with van der Waals surface area (Å²) in [5, 5.41) is 0. The van der Waals surface area contributed by atoms with Gasteiger partial charge in [0.2, 0.25) is 6.71 Å². The van der Waals surface area contributed by atoms with E-state index in [9.17, 15) is 0 Å². The number of rotatable bonds is 5. The molecule has 0 nitrogen and oxygen atoms in total. The molecule has 18 heavy (non-hydrogen) atoms. The van der Waals surface area contributed by atoms with Gasteiger partial charge in [0.15, 0.2) is 0 Å². The van der Waals surface area contributed by atoms with E-state index in [1.165, 1.54) is 16.5 Å². The highest BCUT2D eigenvalue weighted by molar-refractivity contribution is 6.73. The summed E-state index contributed by atoms with van der Waals surface area (Å²) in [6.45, 7) is 17.5. The lowest BCUT2D eigenvalue weighted by Crippen LogP contribution is -2.15. The zero-order valence-electron chi connectivity index (χ0n) is 13.7. The van der Waals surface area contributed by atoms with E-state index < -0.39 is 0 Å². The van der Waals surface area contributed by atoms with E-state index in [1.54, 1.807) is 0 Å². The van der Waals surface area contributed by atoms with Gasteiger partial charge in [-0.3, -0.25) is 0 Å². The number of hydrogen-bond donors (Lipinski definition) is 0. The van der Waals surface area contributed by atoms with Crippen molar-refractivity contribution >= 4 is 6.71 Å². The number of allylic oxidation sites excluding steroid dienone is 8. The smallest absolute Gasteiger partial charge is 0.0988 e. The molecule has 0 saturated heterocycles. The fraction of sp³-hybridized carbons (Fsp3) is 0.529. The molecule has 0 unspecified atom stereocenters. The lowest BCUT2D eigenvalue weighted by molar-refractivity contribution is 1.20. The van der Waals surface area contributed by atoms with Crippen molar-refractivity contribution in [3.63, 3.8) is 0 Å². The Morgan fingerprint density at radius 3 is 2.06 bits per heavy atom. The molecule has 0 N–H and O–H groups in total. The summed E-state index contributed by atoms with van der Waals surface area (Å²) in [6, 6.07) is 0. The van der Waals surface area contributed by atoms with Crippen molar-refractivity contribution in [1.82, 2.24) is 0 Å². The van der Waals surface area contributed by atoms with Crippen molar-refractivity contribution in [2.75, 3.05) is 0 Å². The normalized spacial score (nSPS) is 13.4. The molecule has 0 aromatic rings. The Morgan fingerprint density at radius 2 is 1.67 bits per heavy atom. The van der Waals surface area contributed by atoms with Gasteiger partial charge >= 0.3 is 0 Å². The molecule has 102 valence electrons. The molecule has 0 amide bonds. The first kappa shape index (κ1) is 19.4. The fourth-order valence-electron chi connectivity index (χ4n) is 1.70. The topological polar surface area (TPSA) is 0 Å². The Hall–Kier alpha value is -0.975. The van der Waals surface area contributed by atoms with Crippen LogP contribution in [0.15, 0.2) is 46.9 Å². The van der Waals surface area contributed by atoms with Crippen molar-refractivity contribution in [3.8, 4) is 0 Å². The first-order valence-electron chi connectivity index (χ1n) is 7.21. The summed E-state index contributed by atoms with van der Waals surface area (Å²) >= 11 is 0. The van der Waals surface area contributed by atoms with Gasteiger partial charge < -0.3 is 0 Å². The third-order valence-electron chi connectivity index (χ3n) is 3.01. The van der Waals surface area contributed by atoms with Crippen LogP contribution in [0.3, 0.4) is 0 Å². The predicted molar refractivity (Wildman–Crippen MR) is 89.3 cm³/mol. The van der Waals surface area contributed by atoms with Gasteiger partial charge in [0, 0.05) is 0 Å². The van der Waals surface area contributed by atoms with E-state index in [0.717, 1.165) is 6.42 Å². The van der Waals surface area contributed by atoms with Crippen LogP contribution in [-0.4, -0.2) is 6.71 Å². The molecule has 0 fully saturated rings. The second kappa shape index (κ2) is 12.5. The van der Waals surface area contributed by atoms with Crippen molar-refractivity contribution in [1.29, 1.82) is 0 Å². The minimum Gasteiger partial charge on any atom is -0.0988 e. The molecule has 0 saturated carbocycles. The Bertz CT molecular complexity index is 317. The summed E-state index contributed by atoms with van der Waals surface area (Å²) in [5.74, 6) is 0. The minimum atomic E-state index is 0.507. The molecule has 1 heteroatoms. The average molecular weight is 246 g/mol. The monoisotopic (exact) mass is 246 g/mol.